The van der Waals surface area contributed by atoms with Crippen molar-refractivity contribution >= 4 is 34.6 Å². The number of alkyl halides is 3. The van der Waals surface area contributed by atoms with E-state index in [0.29, 0.717) is 23.1 Å². The highest BCUT2D eigenvalue weighted by molar-refractivity contribution is 8.15. The number of hydrazine groups is 1. The molecule has 1 aliphatic rings. The molecule has 1 fully saturated rings. The normalized spacial score (nSPS) is 15.1. The van der Waals surface area contributed by atoms with Gasteiger partial charge in [-0.3, -0.25) is 15.1 Å². The summed E-state index contributed by atoms with van der Waals surface area (Å²) in [6, 6.07) is 17.9. The van der Waals surface area contributed by atoms with Gasteiger partial charge in [-0.25, -0.2) is 19.9 Å². The average Bonchev–Trinajstić information content (AvgIpc) is 3.64. The van der Waals surface area contributed by atoms with Crippen molar-refractivity contribution in [1.29, 1.82) is 0 Å². The Labute approximate surface area is 268 Å². The van der Waals surface area contributed by atoms with E-state index in [0.717, 1.165) is 27.9 Å². The topological polar surface area (TPSA) is 114 Å². The summed E-state index contributed by atoms with van der Waals surface area (Å²) < 4.78 is 42.7. The van der Waals surface area contributed by atoms with Crippen molar-refractivity contribution < 1.29 is 27.5 Å². The van der Waals surface area contributed by atoms with Gasteiger partial charge in [-0.1, -0.05) is 68.9 Å². The molecule has 10 nitrogen and oxygen atoms in total. The number of hydrogen-bond acceptors (Lipinski definition) is 7. The lowest BCUT2D eigenvalue weighted by Crippen LogP contribution is -2.39. The minimum atomic E-state index is -4.77. The number of urea groups is 1. The maximum atomic E-state index is 12.9. The summed E-state index contributed by atoms with van der Waals surface area (Å²) in [5, 5.41) is 4.76. The molecule has 5 rings (SSSR count). The Morgan fingerprint density at radius 2 is 1.80 bits per heavy atom. The van der Waals surface area contributed by atoms with Crippen LogP contribution in [0.15, 0.2) is 78.0 Å². The SMILES string of the molecule is CCC(NNC(=O)/N=C1\SCC(=O)N1c1cc(C)ccc1C(C)C)c1ccc(-c2ncn(-c3ccc(OC(F)(F)F)cc3)n2)cc1. The lowest BCUT2D eigenvalue weighted by molar-refractivity contribution is -0.274. The number of carbonyl (C=O) groups is 2. The van der Waals surface area contributed by atoms with Crippen molar-refractivity contribution in [3.8, 4) is 22.8 Å². The number of aromatic nitrogens is 3. The molecule has 46 heavy (non-hydrogen) atoms. The first-order chi connectivity index (χ1) is 21.9. The predicted octanol–water partition coefficient (Wildman–Crippen LogP) is 7.07. The molecule has 1 saturated heterocycles. The van der Waals surface area contributed by atoms with Crippen molar-refractivity contribution in [1.82, 2.24) is 25.6 Å². The summed E-state index contributed by atoms with van der Waals surface area (Å²) in [7, 11) is 0. The molecule has 0 saturated carbocycles. The van der Waals surface area contributed by atoms with E-state index in [1.807, 2.05) is 56.3 Å². The van der Waals surface area contributed by atoms with Gasteiger partial charge in [-0.05, 0) is 66.3 Å². The van der Waals surface area contributed by atoms with E-state index in [-0.39, 0.29) is 29.4 Å². The third-order valence-electron chi connectivity index (χ3n) is 7.17. The van der Waals surface area contributed by atoms with E-state index in [2.05, 4.69) is 44.5 Å². The summed E-state index contributed by atoms with van der Waals surface area (Å²) >= 11 is 1.22. The molecule has 3 aromatic carbocycles. The first kappa shape index (κ1) is 32.7. The number of carbonyl (C=O) groups excluding carboxylic acids is 2. The van der Waals surface area contributed by atoms with Gasteiger partial charge in [0.15, 0.2) is 11.0 Å². The van der Waals surface area contributed by atoms with Crippen LogP contribution in [0.4, 0.5) is 23.7 Å². The molecule has 0 aliphatic carbocycles. The van der Waals surface area contributed by atoms with Crippen molar-refractivity contribution in [3.05, 3.63) is 89.7 Å². The average molecular weight is 652 g/mol. The third kappa shape index (κ3) is 7.74. The molecule has 2 heterocycles. The van der Waals surface area contributed by atoms with Crippen molar-refractivity contribution in [2.45, 2.75) is 52.4 Å². The quantitative estimate of drug-likeness (QED) is 0.186. The molecule has 1 atom stereocenters. The number of amidine groups is 1. The van der Waals surface area contributed by atoms with Crippen LogP contribution in [0.25, 0.3) is 17.1 Å². The van der Waals surface area contributed by atoms with Gasteiger partial charge in [0.25, 0.3) is 0 Å². The largest absolute Gasteiger partial charge is 0.573 e. The summed E-state index contributed by atoms with van der Waals surface area (Å²) in [5.74, 6) is 0.347. The molecule has 1 aromatic heterocycles. The molecule has 0 bridgehead atoms. The second-order valence-corrected chi connectivity index (χ2v) is 11.8. The first-order valence-corrected chi connectivity index (χ1v) is 15.5. The van der Waals surface area contributed by atoms with E-state index >= 15 is 0 Å². The second kappa shape index (κ2) is 13.7. The Bertz CT molecular complexity index is 1740. The molecule has 2 N–H and O–H groups in total. The summed E-state index contributed by atoms with van der Waals surface area (Å²) in [4.78, 5) is 35.8. The summed E-state index contributed by atoms with van der Waals surface area (Å²) in [5.41, 5.74) is 10.6. The molecule has 0 spiro atoms. The van der Waals surface area contributed by atoms with Gasteiger partial charge in [-0.15, -0.1) is 18.3 Å². The number of ether oxygens (including phenoxy) is 1. The van der Waals surface area contributed by atoms with Crippen LogP contribution in [0.2, 0.25) is 0 Å². The highest BCUT2D eigenvalue weighted by Crippen LogP contribution is 2.34. The number of halogens is 3. The van der Waals surface area contributed by atoms with Crippen LogP contribution in [0.5, 0.6) is 5.75 Å². The monoisotopic (exact) mass is 651 g/mol. The van der Waals surface area contributed by atoms with E-state index < -0.39 is 12.4 Å². The number of aryl methyl sites for hydroxylation is 1. The van der Waals surface area contributed by atoms with Gasteiger partial charge in [0.1, 0.15) is 12.1 Å². The molecular weight excluding hydrogens is 619 g/mol. The van der Waals surface area contributed by atoms with E-state index in [4.69, 9.17) is 0 Å². The Hall–Kier alpha value is -4.69. The zero-order valence-electron chi connectivity index (χ0n) is 25.5. The van der Waals surface area contributed by atoms with Gasteiger partial charge in [0.05, 0.1) is 23.2 Å². The van der Waals surface area contributed by atoms with Crippen LogP contribution in [-0.4, -0.2) is 44.0 Å². The Balaban J connectivity index is 1.23. The summed E-state index contributed by atoms with van der Waals surface area (Å²) in [6.45, 7) is 8.03. The van der Waals surface area contributed by atoms with E-state index in [9.17, 15) is 22.8 Å². The number of hydrogen-bond donors (Lipinski definition) is 2. The van der Waals surface area contributed by atoms with Gasteiger partial charge in [0, 0.05) is 5.56 Å². The number of thioether (sulfide) groups is 1. The number of nitrogens with one attached hydrogen (secondary N) is 2. The van der Waals surface area contributed by atoms with E-state index in [1.165, 1.54) is 51.9 Å². The number of nitrogens with zero attached hydrogens (tertiary/aromatic N) is 5. The van der Waals surface area contributed by atoms with Crippen LogP contribution in [0.1, 0.15) is 55.8 Å². The highest BCUT2D eigenvalue weighted by atomic mass is 32.2. The molecular formula is C32H32F3N7O3S. The standard InChI is InChI=1S/C32H32F3N7O3S/c1-5-26(38-39-30(44)37-31-42(28(43)17-46-31)27-16-20(4)6-15-25(27)19(2)3)21-7-9-22(10-8-21)29-36-18-41(40-29)23-11-13-24(14-12-23)45-32(33,34)35/h6-16,18-19,26,38H,5,17H2,1-4H3,(H,39,44)/b37-31-. The lowest BCUT2D eigenvalue weighted by Gasteiger charge is -2.22. The number of benzene rings is 3. The number of amides is 3. The van der Waals surface area contributed by atoms with E-state index in [1.54, 1.807) is 0 Å². The molecule has 1 unspecified atom stereocenters. The molecule has 240 valence electrons. The Morgan fingerprint density at radius 1 is 1.09 bits per heavy atom. The number of rotatable bonds is 9. The number of aliphatic imine (C=N–C) groups is 1. The van der Waals surface area contributed by atoms with Crippen LogP contribution >= 0.6 is 11.8 Å². The molecule has 3 amide bonds. The minimum Gasteiger partial charge on any atom is -0.406 e. The highest BCUT2D eigenvalue weighted by Gasteiger charge is 2.33. The molecule has 0 radical (unpaired) electrons. The maximum Gasteiger partial charge on any atom is 0.573 e. The Kier molecular flexibility index (Phi) is 9.77. The zero-order valence-corrected chi connectivity index (χ0v) is 26.3. The smallest absolute Gasteiger partial charge is 0.406 e. The van der Waals surface area contributed by atoms with Crippen LogP contribution in [0, 0.1) is 6.92 Å². The van der Waals surface area contributed by atoms with Gasteiger partial charge in [0.2, 0.25) is 5.91 Å². The minimum absolute atomic E-state index is 0.128. The predicted molar refractivity (Wildman–Crippen MR) is 171 cm³/mol. The fraction of sp³-hybridized carbons (Fsp3) is 0.281. The third-order valence-corrected chi connectivity index (χ3v) is 8.09. The Morgan fingerprint density at radius 3 is 2.46 bits per heavy atom. The van der Waals surface area contributed by atoms with Crippen molar-refractivity contribution in [2.75, 3.05) is 10.7 Å². The van der Waals surface area contributed by atoms with Crippen LogP contribution in [-0.2, 0) is 4.79 Å². The van der Waals surface area contributed by atoms with Crippen molar-refractivity contribution in [3.63, 3.8) is 0 Å². The van der Waals surface area contributed by atoms with Crippen LogP contribution < -0.4 is 20.5 Å². The van der Waals surface area contributed by atoms with Gasteiger partial charge in [-0.2, -0.15) is 4.99 Å². The van der Waals surface area contributed by atoms with Gasteiger partial charge >= 0.3 is 12.4 Å². The van der Waals surface area contributed by atoms with Crippen molar-refractivity contribution in [2.24, 2.45) is 4.99 Å². The first-order valence-electron chi connectivity index (χ1n) is 14.5. The molecule has 4 aromatic rings. The van der Waals surface area contributed by atoms with Gasteiger partial charge < -0.3 is 4.74 Å². The lowest BCUT2D eigenvalue weighted by atomic mass is 9.99. The fourth-order valence-corrected chi connectivity index (χ4v) is 5.75. The fourth-order valence-electron chi connectivity index (χ4n) is 4.89. The van der Waals surface area contributed by atoms with Crippen LogP contribution in [0.3, 0.4) is 0 Å². The molecule has 14 heteroatoms. The zero-order chi connectivity index (χ0) is 33.0. The second-order valence-electron chi connectivity index (χ2n) is 10.8. The maximum absolute atomic E-state index is 12.9. The summed E-state index contributed by atoms with van der Waals surface area (Å²) in [6.07, 6.45) is -2.65. The molecule has 1 aliphatic heterocycles. The number of anilines is 1.